The molecule has 3 heteroatoms. The Bertz CT molecular complexity index is 317. The molecule has 0 N–H and O–H groups in total. The third-order valence-corrected chi connectivity index (χ3v) is 5.32. The van der Waals surface area contributed by atoms with Crippen LogP contribution in [0.2, 0.25) is 0 Å². The molecule has 3 aliphatic carbocycles. The lowest BCUT2D eigenvalue weighted by Gasteiger charge is -2.43. The van der Waals surface area contributed by atoms with Gasteiger partial charge < -0.3 is 4.74 Å². The van der Waals surface area contributed by atoms with Gasteiger partial charge in [0, 0.05) is 5.92 Å². The van der Waals surface area contributed by atoms with Crippen molar-refractivity contribution in [3.05, 3.63) is 0 Å². The predicted molar refractivity (Wildman–Crippen MR) is 57.7 cm³/mol. The van der Waals surface area contributed by atoms with Gasteiger partial charge in [-0.15, -0.1) is 4.39 Å². The molecular weight excluding hydrogens is 207 g/mol. The maximum atomic E-state index is 12.5. The molecule has 2 nitrogen and oxygen atoms in total. The van der Waals surface area contributed by atoms with Crippen molar-refractivity contribution >= 4 is 6.22 Å². The van der Waals surface area contributed by atoms with Gasteiger partial charge in [-0.2, -0.15) is 0 Å². The van der Waals surface area contributed by atoms with E-state index in [-0.39, 0.29) is 0 Å². The van der Waals surface area contributed by atoms with Crippen molar-refractivity contribution in [2.24, 2.45) is 23.7 Å². The van der Waals surface area contributed by atoms with Crippen LogP contribution in [0.5, 0.6) is 0 Å². The Morgan fingerprint density at radius 3 is 2.69 bits per heavy atom. The number of rotatable bonds is 1. The second-order valence-corrected chi connectivity index (χ2v) is 6.07. The van der Waals surface area contributed by atoms with Gasteiger partial charge in [-0.25, -0.2) is 4.79 Å². The Kier molecular flexibility index (Phi) is 2.27. The fourth-order valence-corrected chi connectivity index (χ4v) is 4.86. The van der Waals surface area contributed by atoms with Gasteiger partial charge in [0.2, 0.25) is 0 Å². The summed E-state index contributed by atoms with van der Waals surface area (Å²) in [4.78, 5) is 10.6. The second kappa shape index (κ2) is 3.44. The average molecular weight is 226 g/mol. The van der Waals surface area contributed by atoms with Gasteiger partial charge >= 0.3 is 6.22 Å². The Balaban J connectivity index is 1.80. The summed E-state index contributed by atoms with van der Waals surface area (Å²) in [5, 5.41) is 0. The predicted octanol–water partition coefficient (Wildman–Crippen LogP) is 3.70. The van der Waals surface area contributed by atoms with Gasteiger partial charge in [0.05, 0.1) is 0 Å². The molecular formula is C13H19FO2. The Hall–Kier alpha value is -0.600. The number of fused-ring (bicyclic) bond motifs is 5. The Morgan fingerprint density at radius 1 is 1.31 bits per heavy atom. The van der Waals surface area contributed by atoms with E-state index in [4.69, 9.17) is 4.74 Å². The summed E-state index contributed by atoms with van der Waals surface area (Å²) in [5.74, 6) is 2.63. The highest BCUT2D eigenvalue weighted by molar-refractivity contribution is 5.59. The van der Waals surface area contributed by atoms with Gasteiger partial charge in [-0.1, -0.05) is 12.8 Å². The Labute approximate surface area is 95.5 Å². The fraction of sp³-hybridized carbons (Fsp3) is 0.923. The zero-order valence-corrected chi connectivity index (χ0v) is 9.75. The smallest absolute Gasteiger partial charge is 0.434 e. The molecule has 3 aliphatic rings. The third kappa shape index (κ3) is 1.40. The SMILES string of the molecule is CC1(OC(=O)F)CC2CC1C1CCCCC21. The molecule has 3 fully saturated rings. The summed E-state index contributed by atoms with van der Waals surface area (Å²) in [6.07, 6.45) is 5.68. The molecule has 5 atom stereocenters. The topological polar surface area (TPSA) is 26.3 Å². The van der Waals surface area contributed by atoms with E-state index >= 15 is 0 Å². The first-order chi connectivity index (χ1) is 7.60. The highest BCUT2D eigenvalue weighted by Gasteiger charge is 2.60. The number of hydrogen-bond acceptors (Lipinski definition) is 2. The number of halogens is 1. The van der Waals surface area contributed by atoms with Crippen molar-refractivity contribution in [1.29, 1.82) is 0 Å². The quantitative estimate of drug-likeness (QED) is 0.637. The van der Waals surface area contributed by atoms with E-state index in [1.807, 2.05) is 6.92 Å². The number of carbonyl (C=O) groups excluding carboxylic acids is 1. The van der Waals surface area contributed by atoms with Crippen LogP contribution >= 0.6 is 0 Å². The molecule has 0 spiro atoms. The van der Waals surface area contributed by atoms with Crippen LogP contribution in [0.25, 0.3) is 0 Å². The van der Waals surface area contributed by atoms with Crippen LogP contribution in [0.15, 0.2) is 0 Å². The average Bonchev–Trinajstić information content (AvgIpc) is 2.72. The van der Waals surface area contributed by atoms with E-state index in [2.05, 4.69) is 0 Å². The number of ether oxygens (including phenoxy) is 1. The van der Waals surface area contributed by atoms with Gasteiger partial charge in [-0.3, -0.25) is 0 Å². The van der Waals surface area contributed by atoms with E-state index in [1.54, 1.807) is 0 Å². The van der Waals surface area contributed by atoms with E-state index in [9.17, 15) is 9.18 Å². The normalized spacial score (nSPS) is 50.1. The summed E-state index contributed by atoms with van der Waals surface area (Å²) >= 11 is 0. The monoisotopic (exact) mass is 226 g/mol. The van der Waals surface area contributed by atoms with Gasteiger partial charge in [0.1, 0.15) is 5.60 Å². The largest absolute Gasteiger partial charge is 0.496 e. The molecule has 5 unspecified atom stereocenters. The summed E-state index contributed by atoms with van der Waals surface area (Å²) < 4.78 is 17.5. The molecule has 90 valence electrons. The molecule has 0 aliphatic heterocycles. The number of carbonyl (C=O) groups is 1. The summed E-state index contributed by atoms with van der Waals surface area (Å²) in [6.45, 7) is 1.93. The van der Waals surface area contributed by atoms with E-state index in [0.29, 0.717) is 17.8 Å². The summed E-state index contributed by atoms with van der Waals surface area (Å²) in [5.41, 5.74) is -0.505. The van der Waals surface area contributed by atoms with Crippen molar-refractivity contribution in [1.82, 2.24) is 0 Å². The second-order valence-electron chi connectivity index (χ2n) is 6.07. The highest BCUT2D eigenvalue weighted by atomic mass is 19.1. The van der Waals surface area contributed by atoms with Crippen LogP contribution in [0.3, 0.4) is 0 Å². The van der Waals surface area contributed by atoms with E-state index < -0.39 is 11.8 Å². The van der Waals surface area contributed by atoms with Crippen LogP contribution in [-0.2, 0) is 4.74 Å². The van der Waals surface area contributed by atoms with Crippen LogP contribution in [0, 0.1) is 23.7 Å². The van der Waals surface area contributed by atoms with Crippen LogP contribution in [-0.4, -0.2) is 11.8 Å². The summed E-state index contributed by atoms with van der Waals surface area (Å²) in [6, 6.07) is 0. The van der Waals surface area contributed by atoms with Gasteiger partial charge in [0.15, 0.2) is 0 Å². The molecule has 0 amide bonds. The van der Waals surface area contributed by atoms with Gasteiger partial charge in [-0.05, 0) is 50.4 Å². The minimum absolute atomic E-state index is 0.419. The molecule has 0 heterocycles. The first-order valence-electron chi connectivity index (χ1n) is 6.48. The van der Waals surface area contributed by atoms with Crippen LogP contribution < -0.4 is 0 Å². The summed E-state index contributed by atoms with van der Waals surface area (Å²) in [7, 11) is 0. The highest BCUT2D eigenvalue weighted by Crippen LogP contribution is 2.62. The molecule has 0 aromatic rings. The lowest BCUT2D eigenvalue weighted by atomic mass is 9.66. The Morgan fingerprint density at radius 2 is 2.00 bits per heavy atom. The molecule has 3 rings (SSSR count). The minimum Gasteiger partial charge on any atom is -0.434 e. The van der Waals surface area contributed by atoms with Gasteiger partial charge in [0.25, 0.3) is 0 Å². The number of hydrogen-bond donors (Lipinski definition) is 0. The maximum Gasteiger partial charge on any atom is 0.496 e. The van der Waals surface area contributed by atoms with Crippen LogP contribution in [0.4, 0.5) is 9.18 Å². The van der Waals surface area contributed by atoms with E-state index in [1.165, 1.54) is 25.7 Å². The zero-order chi connectivity index (χ0) is 11.3. The zero-order valence-electron chi connectivity index (χ0n) is 9.75. The molecule has 16 heavy (non-hydrogen) atoms. The lowest BCUT2D eigenvalue weighted by Crippen LogP contribution is -2.44. The molecule has 2 bridgehead atoms. The maximum absolute atomic E-state index is 12.5. The van der Waals surface area contributed by atoms with E-state index in [0.717, 1.165) is 18.8 Å². The molecule has 0 saturated heterocycles. The molecule has 0 aromatic heterocycles. The molecule has 0 radical (unpaired) electrons. The van der Waals surface area contributed by atoms with Crippen LogP contribution in [0.1, 0.15) is 45.4 Å². The first kappa shape index (κ1) is 10.5. The molecule has 3 saturated carbocycles. The van der Waals surface area contributed by atoms with Crippen molar-refractivity contribution in [2.75, 3.05) is 0 Å². The van der Waals surface area contributed by atoms with Crippen molar-refractivity contribution in [2.45, 2.75) is 51.0 Å². The standard InChI is InChI=1S/C13H19FO2/c1-13(16-12(14)15)7-8-6-11(13)10-5-3-2-4-9(8)10/h8-11H,2-7H2,1H3. The minimum atomic E-state index is -1.59. The fourth-order valence-electron chi connectivity index (χ4n) is 4.86. The van der Waals surface area contributed by atoms with Crippen molar-refractivity contribution in [3.63, 3.8) is 0 Å². The van der Waals surface area contributed by atoms with Crippen molar-refractivity contribution in [3.8, 4) is 0 Å². The first-order valence-corrected chi connectivity index (χ1v) is 6.48. The third-order valence-electron chi connectivity index (χ3n) is 5.32. The lowest BCUT2D eigenvalue weighted by molar-refractivity contribution is -0.0652. The van der Waals surface area contributed by atoms with Crippen molar-refractivity contribution < 1.29 is 13.9 Å². The molecule has 0 aromatic carbocycles.